The van der Waals surface area contributed by atoms with Crippen LogP contribution in [0.5, 0.6) is 0 Å². The van der Waals surface area contributed by atoms with Crippen molar-refractivity contribution < 1.29 is 9.53 Å². The molecule has 6 heteroatoms. The molecule has 1 heterocycles. The summed E-state index contributed by atoms with van der Waals surface area (Å²) in [7, 11) is 0. The molecule has 0 fully saturated rings. The van der Waals surface area contributed by atoms with E-state index in [9.17, 15) is 4.79 Å². The zero-order valence-corrected chi connectivity index (χ0v) is 13.5. The molecule has 0 aromatic carbocycles. The summed E-state index contributed by atoms with van der Waals surface area (Å²) in [5.74, 6) is 0. The molecule has 1 amide bonds. The molecule has 0 bridgehead atoms. The second-order valence-corrected chi connectivity index (χ2v) is 7.17. The number of aryl methyl sites for hydroxylation is 1. The van der Waals surface area contributed by atoms with Crippen molar-refractivity contribution in [2.45, 2.75) is 46.3 Å². The molecule has 108 valence electrons. The fourth-order valence-corrected chi connectivity index (χ4v) is 2.63. The van der Waals surface area contributed by atoms with Crippen LogP contribution in [0.25, 0.3) is 0 Å². The number of alkyl carbamates (subject to hydrolysis) is 1. The molecule has 0 unspecified atom stereocenters. The lowest BCUT2D eigenvalue weighted by Crippen LogP contribution is -2.40. The maximum atomic E-state index is 11.6. The van der Waals surface area contributed by atoms with Gasteiger partial charge in [0.2, 0.25) is 0 Å². The molecule has 0 aliphatic heterocycles. The number of rotatable bonds is 4. The number of carbonyl (C=O) groups excluding carboxylic acids is 1. The van der Waals surface area contributed by atoms with Crippen molar-refractivity contribution in [3.05, 3.63) is 16.0 Å². The van der Waals surface area contributed by atoms with Gasteiger partial charge >= 0.3 is 6.09 Å². The van der Waals surface area contributed by atoms with E-state index in [-0.39, 0.29) is 6.04 Å². The van der Waals surface area contributed by atoms with E-state index in [1.165, 1.54) is 11.3 Å². The minimum atomic E-state index is -0.477. The predicted molar refractivity (Wildman–Crippen MR) is 81.4 cm³/mol. The van der Waals surface area contributed by atoms with Crippen LogP contribution in [0.15, 0.2) is 6.07 Å². The van der Waals surface area contributed by atoms with Crippen molar-refractivity contribution in [2.75, 3.05) is 11.9 Å². The molecule has 19 heavy (non-hydrogen) atoms. The van der Waals surface area contributed by atoms with Crippen LogP contribution in [0.3, 0.4) is 0 Å². The van der Waals surface area contributed by atoms with Gasteiger partial charge in [-0.15, -0.1) is 11.3 Å². The van der Waals surface area contributed by atoms with Crippen molar-refractivity contribution in [1.29, 1.82) is 0 Å². The molecule has 1 aromatic heterocycles. The first kappa shape index (κ1) is 16.1. The summed E-state index contributed by atoms with van der Waals surface area (Å²) < 4.78 is 5.95. The lowest BCUT2D eigenvalue weighted by molar-refractivity contribution is 0.0511. The Kier molecular flexibility index (Phi) is 5.50. The average Bonchev–Trinajstić information content (AvgIpc) is 2.51. The van der Waals surface area contributed by atoms with Gasteiger partial charge in [0.15, 0.2) is 0 Å². The average molecular weight is 305 g/mol. The number of thiophene rings is 1. The second kappa shape index (κ2) is 6.48. The highest BCUT2D eigenvalue weighted by Gasteiger charge is 2.17. The van der Waals surface area contributed by atoms with Crippen molar-refractivity contribution in [3.63, 3.8) is 0 Å². The van der Waals surface area contributed by atoms with Crippen LogP contribution in [0, 0.1) is 6.92 Å². The number of ether oxygens (including phenoxy) is 1. The number of halogens is 1. The normalized spacial score (nSPS) is 12.9. The molecule has 1 aromatic rings. The van der Waals surface area contributed by atoms with E-state index in [1.54, 1.807) is 0 Å². The largest absolute Gasteiger partial charge is 0.444 e. The van der Waals surface area contributed by atoms with E-state index in [4.69, 9.17) is 16.3 Å². The molecule has 0 spiro atoms. The van der Waals surface area contributed by atoms with Gasteiger partial charge in [0.25, 0.3) is 0 Å². The maximum absolute atomic E-state index is 11.6. The number of amides is 1. The van der Waals surface area contributed by atoms with E-state index in [0.29, 0.717) is 6.54 Å². The minimum absolute atomic E-state index is 0.0323. The smallest absolute Gasteiger partial charge is 0.407 e. The van der Waals surface area contributed by atoms with E-state index < -0.39 is 11.7 Å². The van der Waals surface area contributed by atoms with Gasteiger partial charge in [-0.2, -0.15) is 0 Å². The molecule has 0 aliphatic carbocycles. The Morgan fingerprint density at radius 1 is 1.53 bits per heavy atom. The number of hydrogen-bond donors (Lipinski definition) is 2. The van der Waals surface area contributed by atoms with Crippen LogP contribution in [0.2, 0.25) is 4.34 Å². The van der Waals surface area contributed by atoms with Crippen LogP contribution < -0.4 is 10.6 Å². The Labute approximate surface area is 123 Å². The highest BCUT2D eigenvalue weighted by molar-refractivity contribution is 7.20. The third-order valence-electron chi connectivity index (χ3n) is 2.22. The van der Waals surface area contributed by atoms with E-state index >= 15 is 0 Å². The van der Waals surface area contributed by atoms with Crippen molar-refractivity contribution >= 4 is 34.0 Å². The lowest BCUT2D eigenvalue weighted by atomic mass is 10.2. The molecule has 2 N–H and O–H groups in total. The molecule has 1 rings (SSSR count). The van der Waals surface area contributed by atoms with Gasteiger partial charge < -0.3 is 15.4 Å². The first-order valence-corrected chi connectivity index (χ1v) is 7.36. The van der Waals surface area contributed by atoms with Crippen molar-refractivity contribution in [3.8, 4) is 0 Å². The molecule has 0 saturated heterocycles. The second-order valence-electron chi connectivity index (χ2n) is 5.49. The highest BCUT2D eigenvalue weighted by atomic mass is 35.5. The fourth-order valence-electron chi connectivity index (χ4n) is 1.42. The van der Waals surface area contributed by atoms with Crippen LogP contribution in [0.1, 0.15) is 33.3 Å². The van der Waals surface area contributed by atoms with Crippen molar-refractivity contribution in [2.24, 2.45) is 0 Å². The lowest BCUT2D eigenvalue weighted by Gasteiger charge is -2.22. The third-order valence-corrected chi connectivity index (χ3v) is 3.54. The predicted octanol–water partition coefficient (Wildman–Crippen LogP) is 4.04. The van der Waals surface area contributed by atoms with Gasteiger partial charge in [-0.25, -0.2) is 4.79 Å². The minimum Gasteiger partial charge on any atom is -0.444 e. The fraction of sp³-hybridized carbons (Fsp3) is 0.615. The Hall–Kier alpha value is -0.940. The van der Waals surface area contributed by atoms with Gasteiger partial charge in [0.05, 0.1) is 9.34 Å². The Morgan fingerprint density at radius 2 is 2.16 bits per heavy atom. The summed E-state index contributed by atoms with van der Waals surface area (Å²) in [5.41, 5.74) is 0.634. The number of hydrogen-bond acceptors (Lipinski definition) is 4. The molecular weight excluding hydrogens is 284 g/mol. The topological polar surface area (TPSA) is 50.4 Å². The zero-order chi connectivity index (χ0) is 14.6. The number of anilines is 1. The Morgan fingerprint density at radius 3 is 2.63 bits per heavy atom. The van der Waals surface area contributed by atoms with Gasteiger partial charge in [-0.3, -0.25) is 0 Å². The van der Waals surface area contributed by atoms with E-state index in [0.717, 1.165) is 14.9 Å². The van der Waals surface area contributed by atoms with Crippen LogP contribution in [0.4, 0.5) is 9.80 Å². The van der Waals surface area contributed by atoms with Crippen LogP contribution in [-0.4, -0.2) is 24.3 Å². The summed E-state index contributed by atoms with van der Waals surface area (Å²) in [5, 5.41) is 7.08. The van der Waals surface area contributed by atoms with E-state index in [2.05, 4.69) is 10.6 Å². The first-order chi connectivity index (χ1) is 8.67. The molecule has 4 nitrogen and oxygen atoms in total. The summed E-state index contributed by atoms with van der Waals surface area (Å²) in [6, 6.07) is 1.88. The first-order valence-electron chi connectivity index (χ1n) is 6.16. The van der Waals surface area contributed by atoms with E-state index in [1.807, 2.05) is 40.7 Å². The van der Waals surface area contributed by atoms with Crippen LogP contribution in [-0.2, 0) is 4.74 Å². The maximum Gasteiger partial charge on any atom is 0.407 e. The van der Waals surface area contributed by atoms with Gasteiger partial charge in [-0.1, -0.05) is 11.6 Å². The van der Waals surface area contributed by atoms with Crippen molar-refractivity contribution in [1.82, 2.24) is 5.32 Å². The molecule has 0 radical (unpaired) electrons. The Balaban J connectivity index is 2.38. The number of carbonyl (C=O) groups is 1. The summed E-state index contributed by atoms with van der Waals surface area (Å²) in [4.78, 5) is 11.6. The van der Waals surface area contributed by atoms with Gasteiger partial charge in [0.1, 0.15) is 5.60 Å². The van der Waals surface area contributed by atoms with Gasteiger partial charge in [0, 0.05) is 12.6 Å². The third kappa shape index (κ3) is 6.16. The molecule has 0 saturated carbocycles. The standard InChI is InChI=1S/C13H21ClN2O2S/c1-8-6-10(14)19-11(8)15-7-9(2)16-12(17)18-13(3,4)5/h6,9,15H,7H2,1-5H3,(H,16,17)/t9-/m0/s1. The quantitative estimate of drug-likeness (QED) is 0.883. The molecular formula is C13H21ClN2O2S. The molecule has 1 atom stereocenters. The summed E-state index contributed by atoms with van der Waals surface area (Å²) >= 11 is 7.42. The summed E-state index contributed by atoms with van der Waals surface area (Å²) in [6.07, 6.45) is -0.400. The van der Waals surface area contributed by atoms with Gasteiger partial charge in [-0.05, 0) is 46.2 Å². The Bertz CT molecular complexity index is 440. The highest BCUT2D eigenvalue weighted by Crippen LogP contribution is 2.30. The summed E-state index contributed by atoms with van der Waals surface area (Å²) in [6.45, 7) is 10.1. The number of nitrogens with one attached hydrogen (secondary N) is 2. The zero-order valence-electron chi connectivity index (χ0n) is 12.0. The van der Waals surface area contributed by atoms with Crippen LogP contribution >= 0.6 is 22.9 Å². The SMILES string of the molecule is Cc1cc(Cl)sc1NC[C@H](C)NC(=O)OC(C)(C)C. The molecule has 0 aliphatic rings. The monoisotopic (exact) mass is 304 g/mol.